The third kappa shape index (κ3) is 26.0. The van der Waals surface area contributed by atoms with Gasteiger partial charge in [-0.15, -0.1) is 0 Å². The second-order valence-corrected chi connectivity index (χ2v) is 14.1. The quantitative estimate of drug-likeness (QED) is 0.0291. The van der Waals surface area contributed by atoms with E-state index in [1.807, 2.05) is 0 Å². The number of carbonyl (C=O) groups excluding carboxylic acids is 1. The monoisotopic (exact) mass is 737 g/mol. The molecule has 9 heteroatoms. The van der Waals surface area contributed by atoms with E-state index < -0.39 is 43.4 Å². The summed E-state index contributed by atoms with van der Waals surface area (Å²) >= 11 is 0. The SMILES string of the molecule is CCC/C=C\C/C=C\CCCCCCCC(=O)OC(COCCCCCCCC/C=C\C/C=C\CCCCC)COC1OC(CO)C(O)C(O)C1O. The first-order chi connectivity index (χ1) is 25.4. The highest BCUT2D eigenvalue weighted by molar-refractivity contribution is 5.69. The molecule has 6 atom stereocenters. The number of unbranched alkanes of at least 4 members (excludes halogenated alkanes) is 15. The molecule has 0 radical (unpaired) electrons. The number of aliphatic hydroxyl groups excluding tert-OH is 4. The molecule has 1 aliphatic rings. The van der Waals surface area contributed by atoms with Crippen LogP contribution >= 0.6 is 0 Å². The van der Waals surface area contributed by atoms with Crippen molar-refractivity contribution in [2.45, 2.75) is 192 Å². The highest BCUT2D eigenvalue weighted by atomic mass is 16.7. The van der Waals surface area contributed by atoms with Crippen LogP contribution in [-0.2, 0) is 23.7 Å². The minimum absolute atomic E-state index is 0.125. The molecule has 1 rings (SSSR count). The largest absolute Gasteiger partial charge is 0.457 e. The number of esters is 1. The normalized spacial score (nSPS) is 21.7. The van der Waals surface area contributed by atoms with E-state index in [1.165, 1.54) is 51.4 Å². The topological polar surface area (TPSA) is 135 Å². The van der Waals surface area contributed by atoms with Crippen molar-refractivity contribution in [3.63, 3.8) is 0 Å². The average molecular weight is 737 g/mol. The van der Waals surface area contributed by atoms with Gasteiger partial charge in [0.05, 0.1) is 19.8 Å². The summed E-state index contributed by atoms with van der Waals surface area (Å²) in [5.41, 5.74) is 0. The molecule has 0 aromatic heterocycles. The van der Waals surface area contributed by atoms with Crippen LogP contribution in [0.25, 0.3) is 0 Å². The molecule has 1 saturated heterocycles. The highest BCUT2D eigenvalue weighted by Crippen LogP contribution is 2.22. The van der Waals surface area contributed by atoms with Crippen molar-refractivity contribution in [2.24, 2.45) is 0 Å². The van der Waals surface area contributed by atoms with Crippen LogP contribution in [0, 0.1) is 0 Å². The Morgan fingerprint density at radius 3 is 1.73 bits per heavy atom. The first kappa shape index (κ1) is 48.2. The van der Waals surface area contributed by atoms with Crippen LogP contribution < -0.4 is 0 Å². The Morgan fingerprint density at radius 2 is 1.15 bits per heavy atom. The van der Waals surface area contributed by atoms with Crippen molar-refractivity contribution < 1.29 is 44.2 Å². The Labute approximate surface area is 316 Å². The number of hydrogen-bond donors (Lipinski definition) is 4. The van der Waals surface area contributed by atoms with Crippen LogP contribution in [0.1, 0.15) is 155 Å². The number of ether oxygens (including phenoxy) is 4. The number of hydrogen-bond acceptors (Lipinski definition) is 9. The summed E-state index contributed by atoms with van der Waals surface area (Å²) in [6.07, 6.45) is 34.2. The van der Waals surface area contributed by atoms with Gasteiger partial charge in [-0.25, -0.2) is 0 Å². The van der Waals surface area contributed by atoms with E-state index in [9.17, 15) is 25.2 Å². The Kier molecular flexibility index (Phi) is 32.3. The third-order valence-electron chi connectivity index (χ3n) is 9.20. The van der Waals surface area contributed by atoms with Gasteiger partial charge in [0, 0.05) is 13.0 Å². The molecule has 302 valence electrons. The Bertz CT molecular complexity index is 932. The van der Waals surface area contributed by atoms with Crippen LogP contribution in [-0.4, -0.2) is 89.6 Å². The van der Waals surface area contributed by atoms with E-state index in [-0.39, 0.29) is 19.2 Å². The fourth-order valence-corrected chi connectivity index (χ4v) is 5.91. The summed E-state index contributed by atoms with van der Waals surface area (Å²) in [5, 5.41) is 40.0. The molecule has 1 fully saturated rings. The van der Waals surface area contributed by atoms with Crippen molar-refractivity contribution >= 4 is 5.97 Å². The molecule has 52 heavy (non-hydrogen) atoms. The van der Waals surface area contributed by atoms with Crippen LogP contribution in [0.4, 0.5) is 0 Å². The number of carbonyl (C=O) groups is 1. The Balaban J connectivity index is 2.32. The molecule has 4 N–H and O–H groups in total. The predicted molar refractivity (Wildman–Crippen MR) is 210 cm³/mol. The number of aliphatic hydroxyl groups is 4. The number of allylic oxidation sites excluding steroid dienone is 8. The maximum Gasteiger partial charge on any atom is 0.306 e. The van der Waals surface area contributed by atoms with E-state index in [0.717, 1.165) is 83.5 Å². The Hall–Kier alpha value is -1.85. The summed E-state index contributed by atoms with van der Waals surface area (Å²) in [4.78, 5) is 12.7. The lowest BCUT2D eigenvalue weighted by atomic mass is 9.99. The zero-order chi connectivity index (χ0) is 37.9. The van der Waals surface area contributed by atoms with Crippen LogP contribution in [0.5, 0.6) is 0 Å². The molecule has 0 aliphatic carbocycles. The number of rotatable bonds is 34. The van der Waals surface area contributed by atoms with E-state index in [4.69, 9.17) is 18.9 Å². The zero-order valence-electron chi connectivity index (χ0n) is 32.8. The lowest BCUT2D eigenvalue weighted by Gasteiger charge is -2.39. The smallest absolute Gasteiger partial charge is 0.306 e. The minimum Gasteiger partial charge on any atom is -0.457 e. The molecule has 0 bridgehead atoms. The molecule has 9 nitrogen and oxygen atoms in total. The van der Waals surface area contributed by atoms with Gasteiger partial charge in [0.15, 0.2) is 6.29 Å². The first-order valence-corrected chi connectivity index (χ1v) is 20.7. The molecule has 0 spiro atoms. The van der Waals surface area contributed by atoms with Gasteiger partial charge in [-0.2, -0.15) is 0 Å². The highest BCUT2D eigenvalue weighted by Gasteiger charge is 2.44. The van der Waals surface area contributed by atoms with Gasteiger partial charge in [0.1, 0.15) is 30.5 Å². The summed E-state index contributed by atoms with van der Waals surface area (Å²) in [6.45, 7) is 4.41. The van der Waals surface area contributed by atoms with Crippen LogP contribution in [0.3, 0.4) is 0 Å². The fourth-order valence-electron chi connectivity index (χ4n) is 5.91. The third-order valence-corrected chi connectivity index (χ3v) is 9.20. The maximum absolute atomic E-state index is 12.7. The second-order valence-electron chi connectivity index (χ2n) is 14.1. The maximum atomic E-state index is 12.7. The van der Waals surface area contributed by atoms with E-state index >= 15 is 0 Å². The van der Waals surface area contributed by atoms with Crippen molar-refractivity contribution in [2.75, 3.05) is 26.4 Å². The van der Waals surface area contributed by atoms with Gasteiger partial charge in [-0.05, 0) is 70.6 Å². The van der Waals surface area contributed by atoms with Gasteiger partial charge >= 0.3 is 5.97 Å². The van der Waals surface area contributed by atoms with E-state index in [0.29, 0.717) is 13.0 Å². The summed E-state index contributed by atoms with van der Waals surface area (Å²) < 4.78 is 22.7. The second kappa shape index (κ2) is 34.9. The molecule has 0 amide bonds. The van der Waals surface area contributed by atoms with Gasteiger partial charge in [0.2, 0.25) is 0 Å². The fraction of sp³-hybridized carbons (Fsp3) is 0.791. The summed E-state index contributed by atoms with van der Waals surface area (Å²) in [7, 11) is 0. The van der Waals surface area contributed by atoms with Crippen molar-refractivity contribution in [1.29, 1.82) is 0 Å². The molecular weight excluding hydrogens is 660 g/mol. The van der Waals surface area contributed by atoms with Crippen LogP contribution in [0.2, 0.25) is 0 Å². The molecule has 0 saturated carbocycles. The molecular formula is C43H76O9. The van der Waals surface area contributed by atoms with Crippen LogP contribution in [0.15, 0.2) is 48.6 Å². The van der Waals surface area contributed by atoms with Gasteiger partial charge in [-0.1, -0.05) is 127 Å². The molecule has 1 heterocycles. The zero-order valence-corrected chi connectivity index (χ0v) is 32.8. The average Bonchev–Trinajstić information content (AvgIpc) is 3.14. The minimum atomic E-state index is -1.54. The first-order valence-electron chi connectivity index (χ1n) is 20.7. The van der Waals surface area contributed by atoms with Crippen molar-refractivity contribution in [3.05, 3.63) is 48.6 Å². The Morgan fingerprint density at radius 1 is 0.615 bits per heavy atom. The standard InChI is InChI=1S/C43H76O9/c1-3-5-7-9-11-13-15-17-18-19-21-23-25-27-29-31-33-49-35-37(36-50-43-42(48)41(47)40(46)38(34-44)52-43)51-39(45)32-30-28-26-24-22-20-16-14-12-10-8-6-4-2/h8,10-11,13-14,16-18,37-38,40-44,46-48H,3-7,9,12,15,19-36H2,1-2H3/b10-8-,13-11-,16-14-,18-17-. The lowest BCUT2D eigenvalue weighted by molar-refractivity contribution is -0.305. The molecule has 6 unspecified atom stereocenters. The molecule has 1 aliphatic heterocycles. The van der Waals surface area contributed by atoms with Gasteiger partial charge < -0.3 is 39.4 Å². The van der Waals surface area contributed by atoms with Gasteiger partial charge in [-0.3, -0.25) is 4.79 Å². The van der Waals surface area contributed by atoms with Crippen molar-refractivity contribution in [3.8, 4) is 0 Å². The van der Waals surface area contributed by atoms with Crippen molar-refractivity contribution in [1.82, 2.24) is 0 Å². The predicted octanol–water partition coefficient (Wildman–Crippen LogP) is 8.58. The van der Waals surface area contributed by atoms with Gasteiger partial charge in [0.25, 0.3) is 0 Å². The van der Waals surface area contributed by atoms with E-state index in [2.05, 4.69) is 62.5 Å². The van der Waals surface area contributed by atoms with E-state index in [1.54, 1.807) is 0 Å². The summed E-state index contributed by atoms with van der Waals surface area (Å²) in [6, 6.07) is 0. The molecule has 0 aromatic carbocycles. The summed E-state index contributed by atoms with van der Waals surface area (Å²) in [5.74, 6) is -0.334. The molecule has 0 aromatic rings. The lowest BCUT2D eigenvalue weighted by Crippen LogP contribution is -2.59.